The van der Waals surface area contributed by atoms with E-state index in [4.69, 9.17) is 11.6 Å². The molecule has 3 aromatic carbocycles. The topological polar surface area (TPSA) is 56.4 Å². The van der Waals surface area contributed by atoms with E-state index in [-0.39, 0.29) is 24.3 Å². The van der Waals surface area contributed by atoms with Crippen LogP contribution in [-0.2, 0) is 17.8 Å². The van der Waals surface area contributed by atoms with Crippen LogP contribution in [0.1, 0.15) is 35.3 Å². The summed E-state index contributed by atoms with van der Waals surface area (Å²) in [4.78, 5) is 33.8. The van der Waals surface area contributed by atoms with Crippen LogP contribution in [0.2, 0.25) is 5.02 Å². The predicted octanol–water partition coefficient (Wildman–Crippen LogP) is 6.19. The van der Waals surface area contributed by atoms with Gasteiger partial charge in [0.1, 0.15) is 6.54 Å². The summed E-state index contributed by atoms with van der Waals surface area (Å²) in [5, 5.41) is 1.74. The first-order valence-corrected chi connectivity index (χ1v) is 12.7. The molecule has 1 aromatic heterocycles. The molecule has 0 saturated heterocycles. The van der Waals surface area contributed by atoms with Gasteiger partial charge in [-0.2, -0.15) is 0 Å². The maximum Gasteiger partial charge on any atom is 0.254 e. The van der Waals surface area contributed by atoms with Gasteiger partial charge in [-0.05, 0) is 53.8 Å². The van der Waals surface area contributed by atoms with Crippen molar-refractivity contribution in [3.05, 3.63) is 107 Å². The van der Waals surface area contributed by atoms with Gasteiger partial charge in [-0.1, -0.05) is 74.0 Å². The first kappa shape index (κ1) is 25.5. The second-order valence-electron chi connectivity index (χ2n) is 9.50. The van der Waals surface area contributed by atoms with Gasteiger partial charge in [0.25, 0.3) is 5.91 Å². The Labute approximate surface area is 217 Å². The van der Waals surface area contributed by atoms with E-state index in [1.807, 2.05) is 67.4 Å². The zero-order valence-electron chi connectivity index (χ0n) is 20.8. The number of carbonyl (C=O) groups is 2. The Morgan fingerprint density at radius 1 is 0.889 bits per heavy atom. The Morgan fingerprint density at radius 3 is 2.31 bits per heavy atom. The van der Waals surface area contributed by atoms with Gasteiger partial charge in [0, 0.05) is 47.3 Å². The third-order valence-corrected chi connectivity index (χ3v) is 6.44. The maximum atomic E-state index is 13.7. The molecule has 4 rings (SSSR count). The van der Waals surface area contributed by atoms with Crippen molar-refractivity contribution in [1.82, 2.24) is 14.8 Å². The summed E-state index contributed by atoms with van der Waals surface area (Å²) in [6.07, 6.45) is 2.74. The third-order valence-electron chi connectivity index (χ3n) is 6.18. The molecule has 0 atom stereocenters. The normalized spacial score (nSPS) is 11.1. The van der Waals surface area contributed by atoms with E-state index in [0.29, 0.717) is 30.2 Å². The number of hydrogen-bond acceptors (Lipinski definition) is 2. The Balaban J connectivity index is 1.53. The number of amides is 2. The molecule has 1 heterocycles. The standard InChI is InChI=1S/C30H32ClN3O2/c1-22(2)19-34(30(36)24-12-14-26(31)15-13-24)21-29(35)33(20-23-8-4-3-5-9-23)17-16-25-18-32-28-11-7-6-10-27(25)28/h3-15,18,22,32H,16-17,19-21H2,1-2H3. The van der Waals surface area contributed by atoms with E-state index >= 15 is 0 Å². The lowest BCUT2D eigenvalue weighted by molar-refractivity contribution is -0.132. The number of rotatable bonds is 10. The minimum Gasteiger partial charge on any atom is -0.361 e. The van der Waals surface area contributed by atoms with Crippen LogP contribution in [0.3, 0.4) is 0 Å². The van der Waals surface area contributed by atoms with E-state index in [1.165, 1.54) is 10.9 Å². The zero-order valence-corrected chi connectivity index (χ0v) is 21.5. The molecule has 6 heteroatoms. The number of fused-ring (bicyclic) bond motifs is 1. The van der Waals surface area contributed by atoms with Crippen molar-refractivity contribution in [1.29, 1.82) is 0 Å². The average Bonchev–Trinajstić information content (AvgIpc) is 3.29. The number of H-pyrrole nitrogens is 1. The quantitative estimate of drug-likeness (QED) is 0.281. The number of nitrogens with one attached hydrogen (secondary N) is 1. The molecule has 2 amide bonds. The highest BCUT2D eigenvalue weighted by Gasteiger charge is 2.23. The molecule has 4 aromatic rings. The van der Waals surface area contributed by atoms with Gasteiger partial charge < -0.3 is 14.8 Å². The number of benzene rings is 3. The third kappa shape index (κ3) is 6.55. The fourth-order valence-electron chi connectivity index (χ4n) is 4.39. The highest BCUT2D eigenvalue weighted by molar-refractivity contribution is 6.30. The van der Waals surface area contributed by atoms with Crippen molar-refractivity contribution in [3.63, 3.8) is 0 Å². The van der Waals surface area contributed by atoms with Crippen LogP contribution in [-0.4, -0.2) is 46.2 Å². The largest absolute Gasteiger partial charge is 0.361 e. The number of halogens is 1. The summed E-state index contributed by atoms with van der Waals surface area (Å²) in [5.41, 5.74) is 3.85. The maximum absolute atomic E-state index is 13.7. The Morgan fingerprint density at radius 2 is 1.58 bits per heavy atom. The lowest BCUT2D eigenvalue weighted by atomic mass is 10.1. The van der Waals surface area contributed by atoms with Crippen molar-refractivity contribution < 1.29 is 9.59 Å². The van der Waals surface area contributed by atoms with E-state index in [1.54, 1.807) is 29.2 Å². The Bertz CT molecular complexity index is 1300. The molecule has 0 fully saturated rings. The fraction of sp³-hybridized carbons (Fsp3) is 0.267. The second kappa shape index (κ2) is 11.9. The first-order chi connectivity index (χ1) is 17.4. The van der Waals surface area contributed by atoms with Crippen LogP contribution in [0.4, 0.5) is 0 Å². The lowest BCUT2D eigenvalue weighted by Crippen LogP contribution is -2.44. The van der Waals surface area contributed by atoms with Gasteiger partial charge in [0.15, 0.2) is 0 Å². The van der Waals surface area contributed by atoms with Gasteiger partial charge in [0.2, 0.25) is 5.91 Å². The number of nitrogens with zero attached hydrogens (tertiary/aromatic N) is 2. The highest BCUT2D eigenvalue weighted by Crippen LogP contribution is 2.19. The van der Waals surface area contributed by atoms with E-state index in [9.17, 15) is 9.59 Å². The molecule has 0 bridgehead atoms. The Hall–Kier alpha value is -3.57. The number of para-hydroxylation sites is 1. The van der Waals surface area contributed by atoms with Crippen molar-refractivity contribution in [2.75, 3.05) is 19.6 Å². The minimum absolute atomic E-state index is 0.0281. The highest BCUT2D eigenvalue weighted by atomic mass is 35.5. The van der Waals surface area contributed by atoms with Gasteiger partial charge in [0.05, 0.1) is 0 Å². The molecule has 0 unspecified atom stereocenters. The summed E-state index contributed by atoms with van der Waals surface area (Å²) < 4.78 is 0. The van der Waals surface area contributed by atoms with Crippen molar-refractivity contribution >= 4 is 34.3 Å². The molecule has 1 N–H and O–H groups in total. The summed E-state index contributed by atoms with van der Waals surface area (Å²) in [6, 6.07) is 25.0. The van der Waals surface area contributed by atoms with Crippen LogP contribution in [0.15, 0.2) is 85.1 Å². The number of carbonyl (C=O) groups excluding carboxylic acids is 2. The fourth-order valence-corrected chi connectivity index (χ4v) is 4.51. The van der Waals surface area contributed by atoms with Crippen molar-refractivity contribution in [3.8, 4) is 0 Å². The van der Waals surface area contributed by atoms with E-state index in [0.717, 1.165) is 17.5 Å². The monoisotopic (exact) mass is 501 g/mol. The minimum atomic E-state index is -0.162. The molecular formula is C30H32ClN3O2. The molecule has 5 nitrogen and oxygen atoms in total. The van der Waals surface area contributed by atoms with Gasteiger partial charge in [-0.3, -0.25) is 9.59 Å². The molecule has 36 heavy (non-hydrogen) atoms. The van der Waals surface area contributed by atoms with Gasteiger partial charge >= 0.3 is 0 Å². The van der Waals surface area contributed by atoms with Crippen LogP contribution in [0.5, 0.6) is 0 Å². The molecular weight excluding hydrogens is 470 g/mol. The van der Waals surface area contributed by atoms with Crippen LogP contribution >= 0.6 is 11.6 Å². The molecule has 186 valence electrons. The molecule has 0 radical (unpaired) electrons. The van der Waals surface area contributed by atoms with Crippen LogP contribution in [0, 0.1) is 5.92 Å². The lowest BCUT2D eigenvalue weighted by Gasteiger charge is -2.29. The van der Waals surface area contributed by atoms with Crippen molar-refractivity contribution in [2.24, 2.45) is 5.92 Å². The summed E-state index contributed by atoms with van der Waals surface area (Å²) in [6.45, 7) is 5.67. The van der Waals surface area contributed by atoms with Gasteiger partial charge in [-0.15, -0.1) is 0 Å². The summed E-state index contributed by atoms with van der Waals surface area (Å²) in [5.74, 6) is -0.00509. The van der Waals surface area contributed by atoms with E-state index in [2.05, 4.69) is 17.1 Å². The van der Waals surface area contributed by atoms with E-state index < -0.39 is 0 Å². The smallest absolute Gasteiger partial charge is 0.254 e. The van der Waals surface area contributed by atoms with Gasteiger partial charge in [-0.25, -0.2) is 0 Å². The molecule has 0 aliphatic heterocycles. The first-order valence-electron chi connectivity index (χ1n) is 12.3. The average molecular weight is 502 g/mol. The number of hydrogen-bond donors (Lipinski definition) is 1. The van der Waals surface area contributed by atoms with Crippen molar-refractivity contribution in [2.45, 2.75) is 26.8 Å². The Kier molecular flexibility index (Phi) is 8.44. The SMILES string of the molecule is CC(C)CN(CC(=O)N(CCc1c[nH]c2ccccc12)Cc1ccccc1)C(=O)c1ccc(Cl)cc1. The molecule has 0 saturated carbocycles. The zero-order chi connectivity index (χ0) is 25.5. The van der Waals surface area contributed by atoms with Crippen LogP contribution in [0.25, 0.3) is 10.9 Å². The summed E-state index contributed by atoms with van der Waals surface area (Å²) in [7, 11) is 0. The number of aromatic amines is 1. The second-order valence-corrected chi connectivity index (χ2v) is 9.93. The van der Waals surface area contributed by atoms with Crippen LogP contribution < -0.4 is 0 Å². The summed E-state index contributed by atoms with van der Waals surface area (Å²) >= 11 is 6.01. The molecule has 0 aliphatic rings. The number of aromatic nitrogens is 1. The molecule has 0 spiro atoms. The predicted molar refractivity (Wildman–Crippen MR) is 146 cm³/mol. The molecule has 0 aliphatic carbocycles.